The molecule has 0 amide bonds. The lowest BCUT2D eigenvalue weighted by Crippen LogP contribution is -2.42. The number of hydrogen-bond donors (Lipinski definition) is 0. The number of ether oxygens (including phenoxy) is 1. The predicted octanol–water partition coefficient (Wildman–Crippen LogP) is 0.309. The molecule has 2 aliphatic rings. The molecule has 3 nitrogen and oxygen atoms in total. The average molecular weight is 142 g/mol. The molecule has 0 radical (unpaired) electrons. The van der Waals surface area contributed by atoms with Gasteiger partial charge in [0.25, 0.3) is 0 Å². The van der Waals surface area contributed by atoms with Gasteiger partial charge in [-0.2, -0.15) is 0 Å². The van der Waals surface area contributed by atoms with Crippen molar-refractivity contribution in [2.45, 2.75) is 25.5 Å². The van der Waals surface area contributed by atoms with Gasteiger partial charge in [0.1, 0.15) is 6.10 Å². The zero-order chi connectivity index (χ0) is 6.97. The Hall–Kier alpha value is -0.0551. The third-order valence-corrected chi connectivity index (χ3v) is 2.01. The first-order valence-electron chi connectivity index (χ1n) is 3.75. The molecule has 2 atom stereocenters. The molecule has 0 bridgehead atoms. The molecule has 2 rings (SSSR count). The van der Waals surface area contributed by atoms with Crippen LogP contribution in [0.25, 0.3) is 0 Å². The molecule has 4 heteroatoms. The highest BCUT2D eigenvalue weighted by atomic mass is 16.6. The molecule has 0 aromatic rings. The summed E-state index contributed by atoms with van der Waals surface area (Å²) in [7, 11) is -0.0389. The molecule has 2 heterocycles. The van der Waals surface area contributed by atoms with E-state index in [4.69, 9.17) is 14.0 Å². The molecule has 0 aromatic carbocycles. The molecular formula is C6H11BO3. The van der Waals surface area contributed by atoms with Crippen molar-refractivity contribution in [2.75, 3.05) is 13.2 Å². The van der Waals surface area contributed by atoms with Crippen LogP contribution in [-0.4, -0.2) is 32.5 Å². The molecule has 0 aromatic heterocycles. The molecule has 0 aliphatic carbocycles. The van der Waals surface area contributed by atoms with Crippen LogP contribution in [0.15, 0.2) is 0 Å². The first kappa shape index (κ1) is 6.64. The van der Waals surface area contributed by atoms with E-state index in [1.807, 2.05) is 6.82 Å². The summed E-state index contributed by atoms with van der Waals surface area (Å²) < 4.78 is 16.1. The van der Waals surface area contributed by atoms with Crippen molar-refractivity contribution in [1.82, 2.24) is 0 Å². The minimum Gasteiger partial charge on any atom is -0.408 e. The van der Waals surface area contributed by atoms with Crippen molar-refractivity contribution in [3.63, 3.8) is 0 Å². The normalized spacial score (nSPS) is 39.9. The lowest BCUT2D eigenvalue weighted by atomic mass is 9.91. The van der Waals surface area contributed by atoms with Crippen LogP contribution in [-0.2, 0) is 14.0 Å². The van der Waals surface area contributed by atoms with E-state index in [0.717, 1.165) is 13.0 Å². The summed E-state index contributed by atoms with van der Waals surface area (Å²) in [5.41, 5.74) is 0. The van der Waals surface area contributed by atoms with Gasteiger partial charge in [0, 0.05) is 6.61 Å². The van der Waals surface area contributed by atoms with Crippen molar-refractivity contribution in [1.29, 1.82) is 0 Å². The second-order valence-electron chi connectivity index (χ2n) is 2.77. The minimum absolute atomic E-state index is 0.0389. The van der Waals surface area contributed by atoms with Crippen LogP contribution in [0.3, 0.4) is 0 Å². The van der Waals surface area contributed by atoms with Gasteiger partial charge >= 0.3 is 7.12 Å². The standard InChI is InChI=1S/C6H11BO3/c1-7-9-4-6-5(10-7)2-3-8-6/h5-6H,2-4H2,1H3. The van der Waals surface area contributed by atoms with Crippen molar-refractivity contribution >= 4 is 7.12 Å². The van der Waals surface area contributed by atoms with E-state index < -0.39 is 0 Å². The first-order valence-corrected chi connectivity index (χ1v) is 3.75. The van der Waals surface area contributed by atoms with Gasteiger partial charge in [-0.05, 0) is 13.2 Å². The van der Waals surface area contributed by atoms with Crippen LogP contribution in [0, 0.1) is 0 Å². The fourth-order valence-electron chi connectivity index (χ4n) is 1.46. The van der Waals surface area contributed by atoms with E-state index in [0.29, 0.717) is 12.7 Å². The van der Waals surface area contributed by atoms with Gasteiger partial charge in [0.15, 0.2) is 0 Å². The maximum Gasteiger partial charge on any atom is 0.453 e. The predicted molar refractivity (Wildman–Crippen MR) is 36.8 cm³/mol. The maximum absolute atomic E-state index is 5.46. The van der Waals surface area contributed by atoms with Crippen LogP contribution in [0.2, 0.25) is 6.82 Å². The molecule has 2 fully saturated rings. The summed E-state index contributed by atoms with van der Waals surface area (Å²) in [5, 5.41) is 0. The lowest BCUT2D eigenvalue weighted by molar-refractivity contribution is -0.0286. The Morgan fingerprint density at radius 1 is 1.40 bits per heavy atom. The van der Waals surface area contributed by atoms with Crippen LogP contribution in [0.5, 0.6) is 0 Å². The Labute approximate surface area is 60.8 Å². The molecule has 56 valence electrons. The molecule has 10 heavy (non-hydrogen) atoms. The van der Waals surface area contributed by atoms with Crippen LogP contribution < -0.4 is 0 Å². The Morgan fingerprint density at radius 3 is 3.20 bits per heavy atom. The quantitative estimate of drug-likeness (QED) is 0.455. The fourth-order valence-corrected chi connectivity index (χ4v) is 1.46. The highest BCUT2D eigenvalue weighted by Crippen LogP contribution is 2.22. The zero-order valence-corrected chi connectivity index (χ0v) is 6.08. The molecule has 0 spiro atoms. The van der Waals surface area contributed by atoms with E-state index in [9.17, 15) is 0 Å². The van der Waals surface area contributed by atoms with Gasteiger partial charge in [-0.1, -0.05) is 0 Å². The summed E-state index contributed by atoms with van der Waals surface area (Å²) in [6, 6.07) is 0. The van der Waals surface area contributed by atoms with E-state index in [1.54, 1.807) is 0 Å². The summed E-state index contributed by atoms with van der Waals surface area (Å²) in [4.78, 5) is 0. The van der Waals surface area contributed by atoms with Gasteiger partial charge in [-0.15, -0.1) is 0 Å². The smallest absolute Gasteiger partial charge is 0.408 e. The second kappa shape index (κ2) is 2.53. The van der Waals surface area contributed by atoms with Gasteiger partial charge in [-0.3, -0.25) is 0 Å². The first-order chi connectivity index (χ1) is 4.86. The van der Waals surface area contributed by atoms with E-state index >= 15 is 0 Å². The molecular weight excluding hydrogens is 131 g/mol. The highest BCUT2D eigenvalue weighted by molar-refractivity contribution is 6.42. The Kier molecular flexibility index (Phi) is 1.68. The lowest BCUT2D eigenvalue weighted by Gasteiger charge is -2.27. The van der Waals surface area contributed by atoms with Crippen LogP contribution >= 0.6 is 0 Å². The van der Waals surface area contributed by atoms with Crippen LogP contribution in [0.4, 0.5) is 0 Å². The monoisotopic (exact) mass is 142 g/mol. The molecule has 0 saturated carbocycles. The Morgan fingerprint density at radius 2 is 2.30 bits per heavy atom. The fraction of sp³-hybridized carbons (Fsp3) is 1.00. The Balaban J connectivity index is 1.96. The van der Waals surface area contributed by atoms with Gasteiger partial charge in [0.05, 0.1) is 12.7 Å². The second-order valence-corrected chi connectivity index (χ2v) is 2.77. The maximum atomic E-state index is 5.46. The molecule has 2 aliphatic heterocycles. The minimum atomic E-state index is -0.0389. The van der Waals surface area contributed by atoms with Gasteiger partial charge in [0.2, 0.25) is 0 Å². The third-order valence-electron chi connectivity index (χ3n) is 2.01. The van der Waals surface area contributed by atoms with E-state index in [1.165, 1.54) is 0 Å². The van der Waals surface area contributed by atoms with Crippen LogP contribution in [0.1, 0.15) is 6.42 Å². The third kappa shape index (κ3) is 1.07. The van der Waals surface area contributed by atoms with E-state index in [-0.39, 0.29) is 13.2 Å². The number of hydrogen-bond acceptors (Lipinski definition) is 3. The Bertz CT molecular complexity index is 130. The summed E-state index contributed by atoms with van der Waals surface area (Å²) in [5.74, 6) is 0. The molecule has 2 saturated heterocycles. The van der Waals surface area contributed by atoms with E-state index in [2.05, 4.69) is 0 Å². The average Bonchev–Trinajstić information content (AvgIpc) is 2.33. The summed E-state index contributed by atoms with van der Waals surface area (Å²) >= 11 is 0. The largest absolute Gasteiger partial charge is 0.453 e. The van der Waals surface area contributed by atoms with Crippen molar-refractivity contribution in [3.8, 4) is 0 Å². The highest BCUT2D eigenvalue weighted by Gasteiger charge is 2.36. The number of fused-ring (bicyclic) bond motifs is 1. The molecule has 2 unspecified atom stereocenters. The number of rotatable bonds is 0. The zero-order valence-electron chi connectivity index (χ0n) is 6.08. The summed E-state index contributed by atoms with van der Waals surface area (Å²) in [6.45, 7) is 3.45. The SMILES string of the molecule is CB1OCC2OCCC2O1. The topological polar surface area (TPSA) is 27.7 Å². The molecule has 0 N–H and O–H groups in total. The van der Waals surface area contributed by atoms with Gasteiger partial charge in [-0.25, -0.2) is 0 Å². The summed E-state index contributed by atoms with van der Waals surface area (Å²) in [6.07, 6.45) is 1.53. The van der Waals surface area contributed by atoms with Crippen molar-refractivity contribution in [3.05, 3.63) is 0 Å². The van der Waals surface area contributed by atoms with Gasteiger partial charge < -0.3 is 14.0 Å². The van der Waals surface area contributed by atoms with Crippen molar-refractivity contribution in [2.24, 2.45) is 0 Å². The van der Waals surface area contributed by atoms with Crippen molar-refractivity contribution < 1.29 is 14.0 Å².